The first-order chi connectivity index (χ1) is 17.3. The standard InChI is InChI=1S/C24H29N5O6S/c1-16-20(22(33)25-10-7-19(30)31)36-23(28(16)2)27-21(32)18-5-3-17(4-6-18)15-26-29-11-8-24(9-12-29)34-13-14-35-24/h3-6,15H,7-14H2,1-2H3,(H,25,33)(H,30,31)/b26-15+,27-23?. The number of carbonyl (C=O) groups is 3. The van der Waals surface area contributed by atoms with Gasteiger partial charge in [0.1, 0.15) is 4.88 Å². The average molecular weight is 516 g/mol. The zero-order valence-corrected chi connectivity index (χ0v) is 21.0. The van der Waals surface area contributed by atoms with Gasteiger partial charge in [0.25, 0.3) is 11.8 Å². The molecule has 12 heteroatoms. The molecule has 1 spiro atoms. The van der Waals surface area contributed by atoms with Crippen LogP contribution in [0.1, 0.15) is 50.5 Å². The molecule has 1 aromatic carbocycles. The number of nitrogens with one attached hydrogen (secondary N) is 1. The number of hydrazone groups is 1. The van der Waals surface area contributed by atoms with Crippen molar-refractivity contribution in [2.45, 2.75) is 32.0 Å². The van der Waals surface area contributed by atoms with Gasteiger partial charge in [0.2, 0.25) is 0 Å². The molecule has 1 aromatic heterocycles. The fraction of sp³-hybridized carbons (Fsp3) is 0.458. The highest BCUT2D eigenvalue weighted by atomic mass is 32.1. The SMILES string of the molecule is Cc1c(C(=O)NCCC(=O)O)sc(=NC(=O)c2ccc(/C=N/N3CCC4(CC3)OCCO4)cc2)n1C. The minimum absolute atomic E-state index is 0.0254. The molecule has 192 valence electrons. The number of thiazole rings is 1. The van der Waals surface area contributed by atoms with Crippen molar-refractivity contribution in [3.05, 3.63) is 50.8 Å². The van der Waals surface area contributed by atoms with Gasteiger partial charge in [-0.2, -0.15) is 10.1 Å². The van der Waals surface area contributed by atoms with Crippen molar-refractivity contribution in [2.75, 3.05) is 32.8 Å². The number of amides is 2. The number of carboxylic acid groups (broad SMARTS) is 1. The molecule has 11 nitrogen and oxygen atoms in total. The van der Waals surface area contributed by atoms with Crippen LogP contribution in [-0.4, -0.2) is 77.3 Å². The van der Waals surface area contributed by atoms with Crippen molar-refractivity contribution in [1.29, 1.82) is 0 Å². The van der Waals surface area contributed by atoms with Gasteiger partial charge in [-0.3, -0.25) is 19.4 Å². The molecule has 2 fully saturated rings. The van der Waals surface area contributed by atoms with Crippen LogP contribution in [-0.2, 0) is 21.3 Å². The molecular formula is C24H29N5O6S. The van der Waals surface area contributed by atoms with E-state index in [2.05, 4.69) is 15.4 Å². The smallest absolute Gasteiger partial charge is 0.305 e. The quantitative estimate of drug-likeness (QED) is 0.534. The average Bonchev–Trinajstić information content (AvgIpc) is 3.43. The third kappa shape index (κ3) is 6.07. The first-order valence-electron chi connectivity index (χ1n) is 11.7. The molecule has 0 atom stereocenters. The lowest BCUT2D eigenvalue weighted by Crippen LogP contribution is -2.43. The van der Waals surface area contributed by atoms with Gasteiger partial charge >= 0.3 is 5.97 Å². The maximum atomic E-state index is 12.7. The summed E-state index contributed by atoms with van der Waals surface area (Å²) in [6, 6.07) is 7.00. The lowest BCUT2D eigenvalue weighted by molar-refractivity contribution is -0.185. The Bertz CT molecular complexity index is 1220. The number of benzene rings is 1. The van der Waals surface area contributed by atoms with Gasteiger partial charge < -0.3 is 24.5 Å². The fourth-order valence-electron chi connectivity index (χ4n) is 3.95. The topological polar surface area (TPSA) is 135 Å². The second kappa shape index (κ2) is 11.1. The van der Waals surface area contributed by atoms with E-state index in [1.165, 1.54) is 0 Å². The van der Waals surface area contributed by atoms with E-state index in [-0.39, 0.29) is 18.9 Å². The monoisotopic (exact) mass is 515 g/mol. The van der Waals surface area contributed by atoms with Crippen molar-refractivity contribution in [3.63, 3.8) is 0 Å². The number of hydrogen-bond acceptors (Lipinski definition) is 8. The number of nitrogens with zero attached hydrogens (tertiary/aromatic N) is 4. The number of ether oxygens (including phenoxy) is 2. The molecule has 0 radical (unpaired) electrons. The largest absolute Gasteiger partial charge is 0.481 e. The molecule has 4 rings (SSSR count). The predicted octanol–water partition coefficient (Wildman–Crippen LogP) is 1.51. The Labute approximate surface area is 212 Å². The van der Waals surface area contributed by atoms with E-state index in [1.807, 2.05) is 17.1 Å². The summed E-state index contributed by atoms with van der Waals surface area (Å²) in [5.41, 5.74) is 1.92. The van der Waals surface area contributed by atoms with Gasteiger partial charge in [-0.1, -0.05) is 23.5 Å². The van der Waals surface area contributed by atoms with Crippen LogP contribution in [0.2, 0.25) is 0 Å². The van der Waals surface area contributed by atoms with Gasteiger partial charge in [0, 0.05) is 50.8 Å². The van der Waals surface area contributed by atoms with E-state index in [9.17, 15) is 14.4 Å². The van der Waals surface area contributed by atoms with Crippen LogP contribution in [0.3, 0.4) is 0 Å². The molecule has 3 heterocycles. The van der Waals surface area contributed by atoms with Gasteiger partial charge in [-0.15, -0.1) is 0 Å². The second-order valence-electron chi connectivity index (χ2n) is 8.60. The van der Waals surface area contributed by atoms with Gasteiger partial charge in [-0.05, 0) is 24.6 Å². The third-order valence-electron chi connectivity index (χ3n) is 6.18. The fourth-order valence-corrected chi connectivity index (χ4v) is 4.98. The van der Waals surface area contributed by atoms with E-state index >= 15 is 0 Å². The Morgan fingerprint density at radius 3 is 2.47 bits per heavy atom. The van der Waals surface area contributed by atoms with Crippen LogP contribution in [0.4, 0.5) is 0 Å². The highest BCUT2D eigenvalue weighted by Crippen LogP contribution is 2.31. The van der Waals surface area contributed by atoms with Gasteiger partial charge in [0.05, 0.1) is 25.8 Å². The van der Waals surface area contributed by atoms with Gasteiger partial charge in [0.15, 0.2) is 10.6 Å². The molecule has 2 N–H and O–H groups in total. The summed E-state index contributed by atoms with van der Waals surface area (Å²) in [7, 11) is 1.72. The Kier molecular flexibility index (Phi) is 7.97. The van der Waals surface area contributed by atoms with Crippen LogP contribution in [0.15, 0.2) is 34.4 Å². The summed E-state index contributed by atoms with van der Waals surface area (Å²) in [5.74, 6) is -2.23. The molecular weight excluding hydrogens is 486 g/mol. The molecule has 36 heavy (non-hydrogen) atoms. The molecule has 0 aliphatic carbocycles. The number of hydrogen-bond donors (Lipinski definition) is 2. The van der Waals surface area contributed by atoms with E-state index in [0.717, 1.165) is 42.8 Å². The molecule has 2 aromatic rings. The van der Waals surface area contributed by atoms with Crippen molar-refractivity contribution < 1.29 is 29.0 Å². The maximum Gasteiger partial charge on any atom is 0.305 e. The molecule has 0 unspecified atom stereocenters. The summed E-state index contributed by atoms with van der Waals surface area (Å²) in [4.78, 5) is 40.7. The van der Waals surface area contributed by atoms with Crippen LogP contribution in [0.25, 0.3) is 0 Å². The Balaban J connectivity index is 1.37. The molecule has 0 bridgehead atoms. The number of aliphatic carboxylic acids is 1. The number of carboxylic acids is 1. The number of aromatic nitrogens is 1. The molecule has 2 saturated heterocycles. The van der Waals surface area contributed by atoms with Crippen LogP contribution < -0.4 is 10.1 Å². The number of piperidine rings is 1. The zero-order chi connectivity index (χ0) is 25.7. The van der Waals surface area contributed by atoms with E-state index in [1.54, 1.807) is 36.9 Å². The van der Waals surface area contributed by atoms with Crippen molar-refractivity contribution in [3.8, 4) is 0 Å². The van der Waals surface area contributed by atoms with Crippen molar-refractivity contribution in [1.82, 2.24) is 14.9 Å². The van der Waals surface area contributed by atoms with Crippen LogP contribution in [0, 0.1) is 6.92 Å². The Morgan fingerprint density at radius 2 is 1.83 bits per heavy atom. The first kappa shape index (κ1) is 25.7. The van der Waals surface area contributed by atoms with Gasteiger partial charge in [-0.25, -0.2) is 0 Å². The highest BCUT2D eigenvalue weighted by Gasteiger charge is 2.39. The molecule has 0 saturated carbocycles. The van der Waals surface area contributed by atoms with Crippen LogP contribution >= 0.6 is 11.3 Å². The normalized spacial score (nSPS) is 17.7. The van der Waals surface area contributed by atoms with Crippen LogP contribution in [0.5, 0.6) is 0 Å². The van der Waals surface area contributed by atoms with E-state index in [0.29, 0.717) is 34.1 Å². The first-order valence-corrected chi connectivity index (χ1v) is 12.5. The number of rotatable bonds is 7. The Hall–Kier alpha value is -3.35. The number of carbonyl (C=O) groups excluding carboxylic acids is 2. The summed E-state index contributed by atoms with van der Waals surface area (Å²) in [6.07, 6.45) is 3.16. The summed E-state index contributed by atoms with van der Waals surface area (Å²) in [5, 5.41) is 17.8. The lowest BCUT2D eigenvalue weighted by Gasteiger charge is -2.36. The summed E-state index contributed by atoms with van der Waals surface area (Å²) >= 11 is 1.08. The maximum absolute atomic E-state index is 12.7. The van der Waals surface area contributed by atoms with Crippen molar-refractivity contribution >= 4 is 35.3 Å². The lowest BCUT2D eigenvalue weighted by atomic mass is 10.1. The highest BCUT2D eigenvalue weighted by molar-refractivity contribution is 7.11. The molecule has 2 amide bonds. The summed E-state index contributed by atoms with van der Waals surface area (Å²) < 4.78 is 13.1. The minimum atomic E-state index is -0.990. The van der Waals surface area contributed by atoms with E-state index < -0.39 is 17.7 Å². The Morgan fingerprint density at radius 1 is 1.17 bits per heavy atom. The third-order valence-corrected chi connectivity index (χ3v) is 7.42. The van der Waals surface area contributed by atoms with Crippen molar-refractivity contribution in [2.24, 2.45) is 17.1 Å². The van der Waals surface area contributed by atoms with E-state index in [4.69, 9.17) is 14.6 Å². The predicted molar refractivity (Wildman–Crippen MR) is 132 cm³/mol. The zero-order valence-electron chi connectivity index (χ0n) is 20.2. The molecule has 2 aliphatic heterocycles. The second-order valence-corrected chi connectivity index (χ2v) is 9.58. The minimum Gasteiger partial charge on any atom is -0.481 e. The summed E-state index contributed by atoms with van der Waals surface area (Å²) in [6.45, 7) is 4.57. The molecule has 2 aliphatic rings.